The number of rotatable bonds is 11. The lowest BCUT2D eigenvalue weighted by molar-refractivity contribution is 0.0593. The maximum Gasteiger partial charge on any atom is 0.411 e. The number of phenolic OH excluding ortho intramolecular Hbond substituents is 1. The molecule has 5 rings (SSSR count). The molecule has 0 atom stereocenters. The quantitative estimate of drug-likeness (QED) is 0.174. The van der Waals surface area contributed by atoms with Gasteiger partial charge in [-0.2, -0.15) is 0 Å². The third-order valence-corrected chi connectivity index (χ3v) is 7.74. The van der Waals surface area contributed by atoms with E-state index in [4.69, 9.17) is 4.74 Å². The zero-order valence-corrected chi connectivity index (χ0v) is 23.8. The Labute approximate surface area is 247 Å². The molecule has 218 valence electrons. The first-order valence-electron chi connectivity index (χ1n) is 14.6. The van der Waals surface area contributed by atoms with Gasteiger partial charge >= 0.3 is 6.09 Å². The molecule has 1 aliphatic rings. The Morgan fingerprint density at radius 3 is 2.33 bits per heavy atom. The largest absolute Gasteiger partial charge is 0.508 e. The number of para-hydroxylation sites is 1. The molecule has 6 nitrogen and oxygen atoms in total. The van der Waals surface area contributed by atoms with Gasteiger partial charge in [-0.1, -0.05) is 72.8 Å². The lowest BCUT2D eigenvalue weighted by atomic mass is 10.0. The average Bonchev–Trinajstić information content (AvgIpc) is 3.02. The predicted molar refractivity (Wildman–Crippen MR) is 165 cm³/mol. The van der Waals surface area contributed by atoms with E-state index in [1.807, 2.05) is 54.6 Å². The van der Waals surface area contributed by atoms with E-state index in [1.54, 1.807) is 0 Å². The summed E-state index contributed by atoms with van der Waals surface area (Å²) in [6.45, 7) is 3.95. The number of phenols is 1. The van der Waals surface area contributed by atoms with Crippen LogP contribution in [0.25, 0.3) is 11.1 Å². The second-order valence-corrected chi connectivity index (χ2v) is 10.7. The minimum atomic E-state index is -0.403. The van der Waals surface area contributed by atoms with Gasteiger partial charge in [0.2, 0.25) is 0 Å². The van der Waals surface area contributed by atoms with Crippen LogP contribution < -0.4 is 10.6 Å². The van der Waals surface area contributed by atoms with Crippen molar-refractivity contribution in [2.75, 3.05) is 31.5 Å². The van der Waals surface area contributed by atoms with Crippen LogP contribution in [0.2, 0.25) is 0 Å². The molecule has 0 spiro atoms. The molecule has 1 aliphatic heterocycles. The topological polar surface area (TPSA) is 73.8 Å². The van der Waals surface area contributed by atoms with Crippen LogP contribution in [0.5, 0.6) is 5.75 Å². The van der Waals surface area contributed by atoms with Gasteiger partial charge in [0.05, 0.1) is 5.69 Å². The molecule has 7 heteroatoms. The number of nitrogens with zero attached hydrogens (tertiary/aromatic N) is 1. The summed E-state index contributed by atoms with van der Waals surface area (Å²) < 4.78 is 19.1. The van der Waals surface area contributed by atoms with Crippen LogP contribution in [0.1, 0.15) is 29.5 Å². The summed E-state index contributed by atoms with van der Waals surface area (Å²) in [6.07, 6.45) is 3.00. The summed E-state index contributed by atoms with van der Waals surface area (Å²) in [5.74, 6) is -0.238. The van der Waals surface area contributed by atoms with Crippen LogP contribution in [0, 0.1) is 5.82 Å². The number of carbonyl (C=O) groups excluding carboxylic acids is 1. The molecule has 1 heterocycles. The van der Waals surface area contributed by atoms with Gasteiger partial charge in [0, 0.05) is 37.3 Å². The number of carbonyl (C=O) groups is 1. The fourth-order valence-corrected chi connectivity index (χ4v) is 5.31. The molecule has 0 radical (unpaired) electrons. The Morgan fingerprint density at radius 1 is 0.881 bits per heavy atom. The van der Waals surface area contributed by atoms with E-state index in [0.29, 0.717) is 12.1 Å². The molecule has 4 aromatic carbocycles. The van der Waals surface area contributed by atoms with Crippen LogP contribution in [0.4, 0.5) is 14.9 Å². The van der Waals surface area contributed by atoms with E-state index in [9.17, 15) is 14.3 Å². The van der Waals surface area contributed by atoms with Crippen molar-refractivity contribution in [1.82, 2.24) is 10.2 Å². The summed E-state index contributed by atoms with van der Waals surface area (Å²) in [5, 5.41) is 16.0. The standard InChI is InChI=1S/C35H38FN3O3/c36-30-14-15-34(40)29(24-30)25-37-20-16-26-10-12-27(13-11-26)17-21-39-22-18-31(19-23-39)42-35(41)38-33-9-5-4-8-32(33)28-6-2-1-3-7-28/h1-15,24,31,37,40H,16-23,25H2,(H,38,41). The molecule has 42 heavy (non-hydrogen) atoms. The fourth-order valence-electron chi connectivity index (χ4n) is 5.31. The molecular formula is C35H38FN3O3. The van der Waals surface area contributed by atoms with Crippen LogP contribution in [-0.2, 0) is 24.1 Å². The molecule has 0 saturated carbocycles. The van der Waals surface area contributed by atoms with E-state index in [-0.39, 0.29) is 17.7 Å². The molecule has 1 fully saturated rings. The molecule has 4 aromatic rings. The van der Waals surface area contributed by atoms with Crippen LogP contribution in [0.15, 0.2) is 97.1 Å². The lowest BCUT2D eigenvalue weighted by Gasteiger charge is -2.31. The van der Waals surface area contributed by atoms with E-state index >= 15 is 0 Å². The number of hydrogen-bond acceptors (Lipinski definition) is 5. The van der Waals surface area contributed by atoms with Gasteiger partial charge < -0.3 is 20.1 Å². The first-order chi connectivity index (χ1) is 20.5. The smallest absolute Gasteiger partial charge is 0.411 e. The maximum atomic E-state index is 13.4. The van der Waals surface area contributed by atoms with Crippen molar-refractivity contribution in [3.8, 4) is 16.9 Å². The Morgan fingerprint density at radius 2 is 1.57 bits per heavy atom. The number of piperidine rings is 1. The summed E-state index contributed by atoms with van der Waals surface area (Å²) in [4.78, 5) is 15.1. The molecule has 3 N–H and O–H groups in total. The molecule has 0 unspecified atom stereocenters. The summed E-state index contributed by atoms with van der Waals surface area (Å²) in [6, 6.07) is 30.5. The van der Waals surface area contributed by atoms with E-state index in [2.05, 4.69) is 39.8 Å². The van der Waals surface area contributed by atoms with Crippen molar-refractivity contribution in [3.63, 3.8) is 0 Å². The van der Waals surface area contributed by atoms with Crippen LogP contribution in [0.3, 0.4) is 0 Å². The van der Waals surface area contributed by atoms with Gasteiger partial charge in [-0.3, -0.25) is 5.32 Å². The highest BCUT2D eigenvalue weighted by Gasteiger charge is 2.22. The van der Waals surface area contributed by atoms with Crippen molar-refractivity contribution in [1.29, 1.82) is 0 Å². The monoisotopic (exact) mass is 567 g/mol. The second kappa shape index (κ2) is 14.6. The fraction of sp³-hybridized carbons (Fsp3) is 0.286. The van der Waals surface area contributed by atoms with Gasteiger partial charge in [-0.05, 0) is 73.2 Å². The van der Waals surface area contributed by atoms with Gasteiger partial charge in [-0.15, -0.1) is 0 Å². The maximum absolute atomic E-state index is 13.4. The van der Waals surface area contributed by atoms with Crippen molar-refractivity contribution >= 4 is 11.8 Å². The normalized spacial score (nSPS) is 14.0. The Balaban J connectivity index is 0.993. The first kappa shape index (κ1) is 29.3. The van der Waals surface area contributed by atoms with Crippen molar-refractivity contribution in [2.24, 2.45) is 0 Å². The van der Waals surface area contributed by atoms with Crippen molar-refractivity contribution in [2.45, 2.75) is 38.3 Å². The van der Waals surface area contributed by atoms with Crippen molar-refractivity contribution in [3.05, 3.63) is 120 Å². The SMILES string of the molecule is O=C(Nc1ccccc1-c1ccccc1)OC1CCN(CCc2ccc(CCNCc3cc(F)ccc3O)cc2)CC1. The Kier molecular flexibility index (Phi) is 10.2. The Bertz CT molecular complexity index is 1440. The number of amides is 1. The number of nitrogens with one attached hydrogen (secondary N) is 2. The minimum Gasteiger partial charge on any atom is -0.508 e. The number of hydrogen-bond donors (Lipinski definition) is 3. The lowest BCUT2D eigenvalue weighted by Crippen LogP contribution is -2.39. The summed E-state index contributed by atoms with van der Waals surface area (Å²) in [7, 11) is 0. The molecule has 0 aromatic heterocycles. The molecule has 1 saturated heterocycles. The minimum absolute atomic E-state index is 0.0806. The van der Waals surface area contributed by atoms with E-state index < -0.39 is 6.09 Å². The highest BCUT2D eigenvalue weighted by atomic mass is 19.1. The van der Waals surface area contributed by atoms with E-state index in [1.165, 1.54) is 29.3 Å². The van der Waals surface area contributed by atoms with Gasteiger partial charge in [-0.25, -0.2) is 9.18 Å². The number of likely N-dealkylation sites (tertiary alicyclic amines) is 1. The zero-order valence-electron chi connectivity index (χ0n) is 23.8. The molecule has 0 aliphatic carbocycles. The third kappa shape index (κ3) is 8.41. The second-order valence-electron chi connectivity index (χ2n) is 10.7. The number of aromatic hydroxyl groups is 1. The highest BCUT2D eigenvalue weighted by molar-refractivity contribution is 5.91. The summed E-state index contributed by atoms with van der Waals surface area (Å²) >= 11 is 0. The number of anilines is 1. The molecule has 0 bridgehead atoms. The third-order valence-electron chi connectivity index (χ3n) is 7.74. The van der Waals surface area contributed by atoms with Crippen LogP contribution >= 0.6 is 0 Å². The predicted octanol–water partition coefficient (Wildman–Crippen LogP) is 6.79. The van der Waals surface area contributed by atoms with Gasteiger partial charge in [0.15, 0.2) is 0 Å². The summed E-state index contributed by atoms with van der Waals surface area (Å²) in [5.41, 5.74) is 5.86. The number of halogens is 1. The first-order valence-corrected chi connectivity index (χ1v) is 14.6. The van der Waals surface area contributed by atoms with Crippen molar-refractivity contribution < 1.29 is 19.0 Å². The van der Waals surface area contributed by atoms with Crippen LogP contribution in [-0.4, -0.2) is 48.4 Å². The van der Waals surface area contributed by atoms with Gasteiger partial charge in [0.25, 0.3) is 0 Å². The Hall–Kier alpha value is -4.20. The zero-order chi connectivity index (χ0) is 29.1. The number of ether oxygens (including phenoxy) is 1. The van der Waals surface area contributed by atoms with E-state index in [0.717, 1.165) is 68.7 Å². The highest BCUT2D eigenvalue weighted by Crippen LogP contribution is 2.28. The van der Waals surface area contributed by atoms with Gasteiger partial charge in [0.1, 0.15) is 17.7 Å². The molecule has 1 amide bonds. The number of benzene rings is 4. The average molecular weight is 568 g/mol. The molecular weight excluding hydrogens is 529 g/mol.